The second kappa shape index (κ2) is 5.39. The third-order valence-corrected chi connectivity index (χ3v) is 5.17. The largest absolute Gasteiger partial charge is 0.454 e. The highest BCUT2D eigenvalue weighted by atomic mass is 35.5. The van der Waals surface area contributed by atoms with Crippen molar-refractivity contribution < 1.29 is 19.1 Å². The zero-order valence-electron chi connectivity index (χ0n) is 12.7. The minimum Gasteiger partial charge on any atom is -0.454 e. The molecule has 4 rings (SSSR count). The number of halogens is 1. The first-order valence-corrected chi connectivity index (χ1v) is 8.56. The molecule has 2 aromatic rings. The molecule has 1 unspecified atom stereocenters. The van der Waals surface area contributed by atoms with Crippen molar-refractivity contribution in [1.82, 2.24) is 10.2 Å². The summed E-state index contributed by atoms with van der Waals surface area (Å²) in [6.07, 6.45) is 0. The van der Waals surface area contributed by atoms with Crippen LogP contribution in [0, 0.1) is 0 Å². The Labute approximate surface area is 146 Å². The molecule has 1 fully saturated rings. The topological polar surface area (TPSA) is 67.9 Å². The van der Waals surface area contributed by atoms with E-state index in [4.69, 9.17) is 21.1 Å². The molecular weight excluding hydrogens is 352 g/mol. The fourth-order valence-electron chi connectivity index (χ4n) is 2.88. The van der Waals surface area contributed by atoms with E-state index >= 15 is 0 Å². The summed E-state index contributed by atoms with van der Waals surface area (Å²) in [5, 5.41) is 6.91. The number of benzene rings is 1. The van der Waals surface area contributed by atoms with Gasteiger partial charge in [-0.2, -0.15) is 11.3 Å². The number of rotatable bonds is 3. The lowest BCUT2D eigenvalue weighted by Crippen LogP contribution is -2.40. The average molecular weight is 365 g/mol. The van der Waals surface area contributed by atoms with Gasteiger partial charge in [-0.15, -0.1) is 0 Å². The number of fused-ring (bicyclic) bond motifs is 1. The molecular formula is C16H13ClN2O4S. The van der Waals surface area contributed by atoms with Crippen molar-refractivity contribution in [2.45, 2.75) is 19.0 Å². The maximum atomic E-state index is 12.8. The van der Waals surface area contributed by atoms with Crippen LogP contribution in [0.25, 0.3) is 0 Å². The number of urea groups is 1. The molecule has 1 aromatic heterocycles. The molecule has 1 saturated heterocycles. The van der Waals surface area contributed by atoms with E-state index < -0.39 is 11.6 Å². The fourth-order valence-corrected chi connectivity index (χ4v) is 3.93. The van der Waals surface area contributed by atoms with Crippen molar-refractivity contribution in [2.24, 2.45) is 0 Å². The summed E-state index contributed by atoms with van der Waals surface area (Å²) in [6, 6.07) is 4.82. The molecule has 0 aliphatic carbocycles. The Morgan fingerprint density at radius 3 is 2.96 bits per heavy atom. The lowest BCUT2D eigenvalue weighted by Gasteiger charge is -2.20. The van der Waals surface area contributed by atoms with E-state index in [2.05, 4.69) is 5.32 Å². The van der Waals surface area contributed by atoms with E-state index in [1.807, 2.05) is 16.8 Å². The van der Waals surface area contributed by atoms with Gasteiger partial charge < -0.3 is 14.8 Å². The second-order valence-corrected chi connectivity index (χ2v) is 6.96. The van der Waals surface area contributed by atoms with Crippen LogP contribution in [0.15, 0.2) is 29.0 Å². The van der Waals surface area contributed by atoms with Crippen LogP contribution in [-0.4, -0.2) is 23.6 Å². The van der Waals surface area contributed by atoms with E-state index in [1.165, 1.54) is 16.2 Å². The van der Waals surface area contributed by atoms with E-state index in [1.54, 1.807) is 19.1 Å². The summed E-state index contributed by atoms with van der Waals surface area (Å²) >= 11 is 7.64. The monoisotopic (exact) mass is 364 g/mol. The molecule has 6 nitrogen and oxygen atoms in total. The molecule has 2 aliphatic heterocycles. The van der Waals surface area contributed by atoms with Gasteiger partial charge in [-0.25, -0.2) is 4.79 Å². The Bertz CT molecular complexity index is 839. The Hall–Kier alpha value is -2.25. The van der Waals surface area contributed by atoms with Gasteiger partial charge in [0.15, 0.2) is 11.5 Å². The number of carbonyl (C=O) groups is 2. The highest BCUT2D eigenvalue weighted by Gasteiger charge is 2.49. The van der Waals surface area contributed by atoms with Gasteiger partial charge in [0.25, 0.3) is 5.91 Å². The maximum absolute atomic E-state index is 12.8. The summed E-state index contributed by atoms with van der Waals surface area (Å²) in [5.41, 5.74) is 0.427. The normalized spacial score (nSPS) is 22.2. The molecule has 124 valence electrons. The Morgan fingerprint density at radius 2 is 2.21 bits per heavy atom. The van der Waals surface area contributed by atoms with Gasteiger partial charge in [-0.05, 0) is 47.0 Å². The SMILES string of the molecule is CC1(c2ccsc2)NC(=O)N(Cc2cc(Cl)c3c(c2)OCO3)C1=O. The van der Waals surface area contributed by atoms with Crippen LogP contribution in [0.3, 0.4) is 0 Å². The molecule has 1 atom stereocenters. The zero-order chi connectivity index (χ0) is 16.9. The van der Waals surface area contributed by atoms with E-state index in [-0.39, 0.29) is 19.2 Å². The number of thiophene rings is 1. The number of nitrogens with zero attached hydrogens (tertiary/aromatic N) is 1. The van der Waals surface area contributed by atoms with Crippen LogP contribution >= 0.6 is 22.9 Å². The van der Waals surface area contributed by atoms with Crippen LogP contribution < -0.4 is 14.8 Å². The first kappa shape index (κ1) is 15.3. The van der Waals surface area contributed by atoms with E-state index in [0.29, 0.717) is 22.1 Å². The molecule has 0 radical (unpaired) electrons. The molecule has 3 amide bonds. The Balaban J connectivity index is 1.63. The third kappa shape index (κ3) is 2.23. The van der Waals surface area contributed by atoms with Crippen molar-refractivity contribution in [3.63, 3.8) is 0 Å². The van der Waals surface area contributed by atoms with Crippen molar-refractivity contribution in [3.05, 3.63) is 45.1 Å². The lowest BCUT2D eigenvalue weighted by atomic mass is 9.95. The first-order chi connectivity index (χ1) is 11.5. The summed E-state index contributed by atoms with van der Waals surface area (Å²) in [7, 11) is 0. The minimum atomic E-state index is -1.04. The summed E-state index contributed by atoms with van der Waals surface area (Å²) < 4.78 is 10.6. The second-order valence-electron chi connectivity index (χ2n) is 5.77. The molecule has 24 heavy (non-hydrogen) atoms. The number of amides is 3. The average Bonchev–Trinajstić information content (AvgIpc) is 3.25. The molecule has 0 saturated carbocycles. The summed E-state index contributed by atoms with van der Waals surface area (Å²) in [6.45, 7) is 1.93. The summed E-state index contributed by atoms with van der Waals surface area (Å²) in [5.74, 6) is 0.713. The molecule has 8 heteroatoms. The predicted octanol–water partition coefficient (Wildman–Crippen LogP) is 3.10. The van der Waals surface area contributed by atoms with Gasteiger partial charge in [0.05, 0.1) is 11.6 Å². The van der Waals surface area contributed by atoms with Crippen LogP contribution in [0.4, 0.5) is 4.79 Å². The molecule has 2 aliphatic rings. The van der Waals surface area contributed by atoms with Gasteiger partial charge in [0, 0.05) is 0 Å². The van der Waals surface area contributed by atoms with Gasteiger partial charge in [0.2, 0.25) is 6.79 Å². The quantitative estimate of drug-likeness (QED) is 0.850. The smallest absolute Gasteiger partial charge is 0.325 e. The molecule has 1 aromatic carbocycles. The van der Waals surface area contributed by atoms with E-state index in [0.717, 1.165) is 5.56 Å². The molecule has 0 bridgehead atoms. The highest BCUT2D eigenvalue weighted by molar-refractivity contribution is 7.08. The van der Waals surface area contributed by atoms with Crippen LogP contribution in [0.1, 0.15) is 18.1 Å². The number of hydrogen-bond acceptors (Lipinski definition) is 5. The van der Waals surface area contributed by atoms with Crippen molar-refractivity contribution in [1.29, 1.82) is 0 Å². The van der Waals surface area contributed by atoms with E-state index in [9.17, 15) is 9.59 Å². The summed E-state index contributed by atoms with van der Waals surface area (Å²) in [4.78, 5) is 26.3. The van der Waals surface area contributed by atoms with Gasteiger partial charge in [-0.1, -0.05) is 11.6 Å². The van der Waals surface area contributed by atoms with Crippen molar-refractivity contribution in [2.75, 3.05) is 6.79 Å². The highest BCUT2D eigenvalue weighted by Crippen LogP contribution is 2.40. The Kier molecular flexibility index (Phi) is 3.43. The number of nitrogens with one attached hydrogen (secondary N) is 1. The van der Waals surface area contributed by atoms with Crippen molar-refractivity contribution in [3.8, 4) is 11.5 Å². The van der Waals surface area contributed by atoms with Crippen LogP contribution in [0.2, 0.25) is 5.02 Å². The van der Waals surface area contributed by atoms with Crippen LogP contribution in [-0.2, 0) is 16.9 Å². The molecule has 3 heterocycles. The van der Waals surface area contributed by atoms with Gasteiger partial charge >= 0.3 is 6.03 Å². The van der Waals surface area contributed by atoms with Crippen molar-refractivity contribution >= 4 is 34.9 Å². The molecule has 1 N–H and O–H groups in total. The zero-order valence-corrected chi connectivity index (χ0v) is 14.2. The number of hydrogen-bond donors (Lipinski definition) is 1. The lowest BCUT2D eigenvalue weighted by molar-refractivity contribution is -0.131. The number of ether oxygens (including phenoxy) is 2. The predicted molar refractivity (Wildman–Crippen MR) is 88.3 cm³/mol. The minimum absolute atomic E-state index is 0.109. The maximum Gasteiger partial charge on any atom is 0.325 e. The van der Waals surface area contributed by atoms with Crippen LogP contribution in [0.5, 0.6) is 11.5 Å². The number of imide groups is 1. The van der Waals surface area contributed by atoms with Gasteiger partial charge in [0.1, 0.15) is 5.54 Å². The Morgan fingerprint density at radius 1 is 1.38 bits per heavy atom. The third-order valence-electron chi connectivity index (χ3n) is 4.20. The standard InChI is InChI=1S/C16H13ClN2O4S/c1-16(10-2-3-24-7-10)14(20)19(15(21)18-16)6-9-4-11(17)13-12(5-9)22-8-23-13/h2-5,7H,6,8H2,1H3,(H,18,21). The number of carbonyl (C=O) groups excluding carboxylic acids is 2. The fraction of sp³-hybridized carbons (Fsp3) is 0.250. The van der Waals surface area contributed by atoms with Gasteiger partial charge in [-0.3, -0.25) is 9.69 Å². The molecule has 0 spiro atoms. The first-order valence-electron chi connectivity index (χ1n) is 7.24.